The number of nitrogens with zero attached hydrogens (tertiary/aromatic N) is 2. The average Bonchev–Trinajstić information content (AvgIpc) is 3.88. The quantitative estimate of drug-likeness (QED) is 0.152. The third-order valence-corrected chi connectivity index (χ3v) is 13.0. The van der Waals surface area contributed by atoms with Gasteiger partial charge in [-0.05, 0) is 62.0 Å². The number of rotatable bonds is 0. The summed E-state index contributed by atoms with van der Waals surface area (Å²) in [7, 11) is 0. The molecule has 0 amide bonds. The molecule has 0 bridgehead atoms. The van der Waals surface area contributed by atoms with Crippen LogP contribution in [0.4, 0.5) is 0 Å². The summed E-state index contributed by atoms with van der Waals surface area (Å²) in [5.41, 5.74) is 22.1. The molecule has 0 saturated heterocycles. The number of para-hydroxylation sites is 3. The normalized spacial score (nSPS) is 16.3. The highest BCUT2D eigenvalue weighted by atomic mass is 16.3. The van der Waals surface area contributed by atoms with Crippen molar-refractivity contribution in [2.75, 3.05) is 0 Å². The Morgan fingerprint density at radius 1 is 0.580 bits per heavy atom. The van der Waals surface area contributed by atoms with Gasteiger partial charge in [-0.1, -0.05) is 131 Å². The average molecular weight is 639 g/mol. The van der Waals surface area contributed by atoms with E-state index in [-0.39, 0.29) is 17.7 Å². The first-order chi connectivity index (χ1) is 24.4. The lowest BCUT2D eigenvalue weighted by Crippen LogP contribution is -2.57. The van der Waals surface area contributed by atoms with Crippen molar-refractivity contribution in [1.82, 2.24) is 9.05 Å². The third kappa shape index (κ3) is 2.57. The van der Waals surface area contributed by atoms with Crippen molar-refractivity contribution in [3.05, 3.63) is 138 Å². The second-order valence-electron chi connectivity index (χ2n) is 16.0. The van der Waals surface area contributed by atoms with Gasteiger partial charge in [0.25, 0.3) is 0 Å². The van der Waals surface area contributed by atoms with E-state index in [1.807, 2.05) is 0 Å². The molecule has 4 aliphatic rings. The molecule has 2 aliphatic heterocycles. The van der Waals surface area contributed by atoms with Crippen LogP contribution in [-0.2, 0) is 10.8 Å². The molecule has 2 aliphatic carbocycles. The van der Waals surface area contributed by atoms with Gasteiger partial charge in [0.1, 0.15) is 5.58 Å². The molecule has 234 valence electrons. The molecule has 0 radical (unpaired) electrons. The van der Waals surface area contributed by atoms with Crippen LogP contribution in [0.2, 0.25) is 0 Å². The molecule has 3 nitrogen and oxygen atoms in total. The highest BCUT2D eigenvalue weighted by Crippen LogP contribution is 2.59. The fraction of sp³-hybridized carbons (Fsp3) is 0.130. The summed E-state index contributed by atoms with van der Waals surface area (Å²) in [6.07, 6.45) is 0. The van der Waals surface area contributed by atoms with E-state index in [9.17, 15) is 0 Å². The van der Waals surface area contributed by atoms with E-state index in [4.69, 9.17) is 4.42 Å². The summed E-state index contributed by atoms with van der Waals surface area (Å²) >= 11 is 0. The molecule has 0 fully saturated rings. The SMILES string of the molecule is CC1(C)c2ccccc2-c2cc3c4c(c21)-c1cccc2c5c(n(c12)B4c1cccc2c4c6ccccc6oc4n-3c12)C(C)(C)c1ccccc1-5. The Morgan fingerprint density at radius 2 is 1.26 bits per heavy atom. The summed E-state index contributed by atoms with van der Waals surface area (Å²) in [6, 6.07) is 43.3. The lowest BCUT2D eigenvalue weighted by Gasteiger charge is -2.38. The number of fused-ring (bicyclic) bond motifs is 18. The summed E-state index contributed by atoms with van der Waals surface area (Å²) in [4.78, 5) is 0. The van der Waals surface area contributed by atoms with Gasteiger partial charge in [-0.3, -0.25) is 4.57 Å². The predicted molar refractivity (Wildman–Crippen MR) is 207 cm³/mol. The Balaban J connectivity index is 1.31. The smallest absolute Gasteiger partial charge is 0.332 e. The lowest BCUT2D eigenvalue weighted by molar-refractivity contribution is 0.631. The summed E-state index contributed by atoms with van der Waals surface area (Å²) in [5, 5.41) is 5.01. The van der Waals surface area contributed by atoms with Crippen LogP contribution in [0.3, 0.4) is 0 Å². The fourth-order valence-electron chi connectivity index (χ4n) is 11.2. The molecule has 4 heteroatoms. The predicted octanol–water partition coefficient (Wildman–Crippen LogP) is 10.0. The van der Waals surface area contributed by atoms with E-state index in [2.05, 4.69) is 152 Å². The van der Waals surface area contributed by atoms with Crippen LogP contribution in [0.5, 0.6) is 0 Å². The van der Waals surface area contributed by atoms with Crippen LogP contribution in [0.25, 0.3) is 82.9 Å². The molecule has 50 heavy (non-hydrogen) atoms. The van der Waals surface area contributed by atoms with E-state index in [0.29, 0.717) is 0 Å². The molecule has 0 atom stereocenters. The second kappa shape index (κ2) is 8.00. The van der Waals surface area contributed by atoms with E-state index in [0.717, 1.165) is 11.3 Å². The van der Waals surface area contributed by atoms with E-state index < -0.39 is 0 Å². The minimum absolute atomic E-state index is 0.0148. The monoisotopic (exact) mass is 638 g/mol. The molecule has 0 unspecified atom stereocenters. The zero-order valence-corrected chi connectivity index (χ0v) is 28.3. The van der Waals surface area contributed by atoms with Crippen molar-refractivity contribution in [2.45, 2.75) is 38.5 Å². The van der Waals surface area contributed by atoms with Gasteiger partial charge in [-0.2, -0.15) is 0 Å². The van der Waals surface area contributed by atoms with E-state index in [1.165, 1.54) is 105 Å². The maximum Gasteiger partial charge on any atom is 0.332 e. The highest BCUT2D eigenvalue weighted by molar-refractivity contribution is 6.89. The Labute approximate surface area is 289 Å². The van der Waals surface area contributed by atoms with E-state index >= 15 is 0 Å². The molecular formula is C46H31BN2O. The Hall–Kier alpha value is -5.74. The zero-order valence-electron chi connectivity index (χ0n) is 28.3. The number of hydrogen-bond acceptors (Lipinski definition) is 1. The van der Waals surface area contributed by atoms with Gasteiger partial charge < -0.3 is 8.90 Å². The number of aromatic nitrogens is 2. The van der Waals surface area contributed by atoms with Crippen LogP contribution in [0, 0.1) is 0 Å². The molecular weight excluding hydrogens is 607 g/mol. The molecule has 13 rings (SSSR count). The van der Waals surface area contributed by atoms with Gasteiger partial charge in [0, 0.05) is 55.0 Å². The first-order valence-electron chi connectivity index (χ1n) is 17.9. The van der Waals surface area contributed by atoms with Crippen LogP contribution in [0.1, 0.15) is 50.1 Å². The molecule has 5 heterocycles. The van der Waals surface area contributed by atoms with Gasteiger partial charge in [0.2, 0.25) is 5.71 Å². The number of hydrogen-bond donors (Lipinski definition) is 0. The van der Waals surface area contributed by atoms with Gasteiger partial charge in [-0.25, -0.2) is 0 Å². The largest absolute Gasteiger partial charge is 0.439 e. The van der Waals surface area contributed by atoms with Crippen molar-refractivity contribution in [1.29, 1.82) is 0 Å². The first-order valence-corrected chi connectivity index (χ1v) is 17.9. The maximum absolute atomic E-state index is 6.88. The van der Waals surface area contributed by atoms with Gasteiger partial charge in [-0.15, -0.1) is 0 Å². The standard InChI is InChI=1S/C46H31BN2O/c1-45(2)31-19-8-5-13-24(31)30-23-34-40-38(39(30)45)29-17-11-16-27-36-25-14-6-9-20-32(25)46(3,4)43(36)49(41(27)29)47(40)33-21-12-18-28-37-26-15-7-10-22-35(26)50-44(37)48(34)42(28)33/h5-23H,1-4H3. The van der Waals surface area contributed by atoms with Gasteiger partial charge >= 0.3 is 6.85 Å². The third-order valence-electron chi connectivity index (χ3n) is 13.0. The van der Waals surface area contributed by atoms with Crippen molar-refractivity contribution >= 4 is 61.6 Å². The minimum Gasteiger partial charge on any atom is -0.439 e. The summed E-state index contributed by atoms with van der Waals surface area (Å²) in [5.74, 6) is 0. The van der Waals surface area contributed by atoms with Crippen molar-refractivity contribution in [3.8, 4) is 39.1 Å². The second-order valence-corrected chi connectivity index (χ2v) is 16.0. The van der Waals surface area contributed by atoms with Crippen LogP contribution < -0.4 is 10.9 Å². The molecule has 3 aromatic heterocycles. The zero-order chi connectivity index (χ0) is 33.0. The summed E-state index contributed by atoms with van der Waals surface area (Å²) < 4.78 is 12.1. The molecule has 6 aromatic carbocycles. The molecule has 9 aromatic rings. The van der Waals surface area contributed by atoms with E-state index in [1.54, 1.807) is 0 Å². The Kier molecular flexibility index (Phi) is 4.19. The fourth-order valence-corrected chi connectivity index (χ4v) is 11.2. The number of benzene rings is 6. The van der Waals surface area contributed by atoms with Gasteiger partial charge in [0.15, 0.2) is 0 Å². The maximum atomic E-state index is 6.88. The van der Waals surface area contributed by atoms with Crippen molar-refractivity contribution < 1.29 is 4.42 Å². The molecule has 0 spiro atoms. The lowest BCUT2D eigenvalue weighted by atomic mass is 9.44. The summed E-state index contributed by atoms with van der Waals surface area (Å²) in [6.45, 7) is 9.75. The first kappa shape index (κ1) is 26.2. The Morgan fingerprint density at radius 3 is 2.12 bits per heavy atom. The van der Waals surface area contributed by atoms with Crippen LogP contribution in [0.15, 0.2) is 120 Å². The topological polar surface area (TPSA) is 23.0 Å². The molecule has 0 N–H and O–H groups in total. The molecule has 0 saturated carbocycles. The van der Waals surface area contributed by atoms with Crippen LogP contribution in [-0.4, -0.2) is 15.9 Å². The van der Waals surface area contributed by atoms with Crippen LogP contribution >= 0.6 is 0 Å². The highest BCUT2D eigenvalue weighted by Gasteiger charge is 2.51. The minimum atomic E-state index is -0.163. The van der Waals surface area contributed by atoms with Crippen molar-refractivity contribution in [2.24, 2.45) is 0 Å². The number of furan rings is 1. The Bertz CT molecular complexity index is 3110. The van der Waals surface area contributed by atoms with Crippen molar-refractivity contribution in [3.63, 3.8) is 0 Å². The van der Waals surface area contributed by atoms with Gasteiger partial charge in [0.05, 0.1) is 10.9 Å².